The van der Waals surface area contributed by atoms with Crippen LogP contribution >= 0.6 is 7.91 Å². The highest BCUT2D eigenvalue weighted by molar-refractivity contribution is 7.46. The Morgan fingerprint density at radius 3 is 1.75 bits per heavy atom. The fourth-order valence-electron chi connectivity index (χ4n) is 0.222. The third-order valence-electron chi connectivity index (χ3n) is 0.738. The summed E-state index contributed by atoms with van der Waals surface area (Å²) >= 11 is 0. The minimum Gasteiger partial charge on any atom is -0.299 e. The van der Waals surface area contributed by atoms with Crippen LogP contribution in [-0.4, -0.2) is 16.9 Å². The second-order valence-corrected chi connectivity index (χ2v) is 3.03. The van der Waals surface area contributed by atoms with Gasteiger partial charge in [0.1, 0.15) is 0 Å². The Morgan fingerprint density at radius 2 is 1.67 bits per heavy atom. The second kappa shape index (κ2) is 2.93. The molecule has 0 saturated heterocycles. The summed E-state index contributed by atoms with van der Waals surface area (Å²) in [7, 11) is -6.11. The molecule has 0 aromatic rings. The Kier molecular flexibility index (Phi) is 2.89. The summed E-state index contributed by atoms with van der Waals surface area (Å²) < 4.78 is 70.6. The van der Waals surface area contributed by atoms with Gasteiger partial charge in [0, 0.05) is 6.92 Å². The second-order valence-electron chi connectivity index (χ2n) is 1.95. The first-order valence-electron chi connectivity index (χ1n) is 2.44. The standard InChI is InChI=1S/C3H4F5O3P/c1-2(4,5)3(6,7)11-12(8,9)10/h1H3,(H,9,10). The molecular weight excluding hydrogens is 210 g/mol. The molecule has 12 heavy (non-hydrogen) atoms. The maximum atomic E-state index is 11.9. The molecule has 1 atom stereocenters. The SMILES string of the molecule is CC(F)(F)C(F)(F)OP(=O)(O)F. The van der Waals surface area contributed by atoms with Crippen molar-refractivity contribution in [3.8, 4) is 0 Å². The van der Waals surface area contributed by atoms with E-state index in [1.807, 2.05) is 0 Å². The van der Waals surface area contributed by atoms with Gasteiger partial charge >= 0.3 is 19.9 Å². The van der Waals surface area contributed by atoms with Gasteiger partial charge < -0.3 is 0 Å². The molecule has 3 nitrogen and oxygen atoms in total. The predicted octanol–water partition coefficient (Wildman–Crippen LogP) is 2.32. The Labute approximate surface area is 63.8 Å². The van der Waals surface area contributed by atoms with Crippen LogP contribution in [0.2, 0.25) is 0 Å². The van der Waals surface area contributed by atoms with Gasteiger partial charge in [0.15, 0.2) is 0 Å². The van der Waals surface area contributed by atoms with Gasteiger partial charge in [-0.05, 0) is 0 Å². The van der Waals surface area contributed by atoms with Crippen LogP contribution in [0.3, 0.4) is 0 Å². The summed E-state index contributed by atoms with van der Waals surface area (Å²) in [6.45, 7) is -0.275. The minimum atomic E-state index is -6.11. The van der Waals surface area contributed by atoms with E-state index in [1.54, 1.807) is 0 Å². The molecule has 0 amide bonds. The molecule has 9 heteroatoms. The van der Waals surface area contributed by atoms with Gasteiger partial charge in [0.2, 0.25) is 0 Å². The molecule has 0 aliphatic carbocycles. The smallest absolute Gasteiger partial charge is 0.299 e. The molecule has 0 radical (unpaired) electrons. The molecule has 0 spiro atoms. The molecule has 0 rings (SSSR count). The van der Waals surface area contributed by atoms with E-state index in [2.05, 4.69) is 4.52 Å². The van der Waals surface area contributed by atoms with Crippen LogP contribution < -0.4 is 0 Å². The van der Waals surface area contributed by atoms with E-state index < -0.39 is 19.9 Å². The van der Waals surface area contributed by atoms with Crippen LogP contribution in [0.15, 0.2) is 0 Å². The Hall–Kier alpha value is -0.200. The van der Waals surface area contributed by atoms with Gasteiger partial charge in [-0.3, -0.25) is 4.89 Å². The molecule has 0 fully saturated rings. The van der Waals surface area contributed by atoms with Crippen molar-refractivity contribution >= 4 is 7.91 Å². The van der Waals surface area contributed by atoms with E-state index in [9.17, 15) is 26.3 Å². The van der Waals surface area contributed by atoms with Crippen molar-refractivity contribution in [1.29, 1.82) is 0 Å². The molecule has 0 heterocycles. The molecule has 1 unspecified atom stereocenters. The summed E-state index contributed by atoms with van der Waals surface area (Å²) in [5.74, 6) is -4.72. The highest BCUT2D eigenvalue weighted by Crippen LogP contribution is 2.52. The Morgan fingerprint density at radius 1 is 1.33 bits per heavy atom. The van der Waals surface area contributed by atoms with Crippen LogP contribution in [0.25, 0.3) is 0 Å². The van der Waals surface area contributed by atoms with Crippen molar-refractivity contribution in [2.24, 2.45) is 0 Å². The van der Waals surface area contributed by atoms with Crippen molar-refractivity contribution in [3.05, 3.63) is 0 Å². The van der Waals surface area contributed by atoms with Crippen molar-refractivity contribution in [1.82, 2.24) is 0 Å². The van der Waals surface area contributed by atoms with Gasteiger partial charge in [0.05, 0.1) is 0 Å². The van der Waals surface area contributed by atoms with E-state index in [0.717, 1.165) is 0 Å². The lowest BCUT2D eigenvalue weighted by atomic mass is 10.4. The normalized spacial score (nSPS) is 18.9. The fraction of sp³-hybridized carbons (Fsp3) is 1.00. The van der Waals surface area contributed by atoms with Gasteiger partial charge in [-0.1, -0.05) is 0 Å². The van der Waals surface area contributed by atoms with E-state index in [-0.39, 0.29) is 6.92 Å². The average molecular weight is 214 g/mol. The van der Waals surface area contributed by atoms with E-state index in [4.69, 9.17) is 4.89 Å². The zero-order valence-electron chi connectivity index (χ0n) is 5.60. The minimum absolute atomic E-state index is 0.275. The predicted molar refractivity (Wildman–Crippen MR) is 27.6 cm³/mol. The number of hydrogen-bond acceptors (Lipinski definition) is 2. The molecule has 0 aromatic carbocycles. The van der Waals surface area contributed by atoms with Gasteiger partial charge in [-0.15, -0.1) is 4.20 Å². The molecular formula is C3H4F5O3P. The fourth-order valence-corrected chi connectivity index (χ4v) is 0.665. The van der Waals surface area contributed by atoms with Crippen LogP contribution in [0, 0.1) is 0 Å². The lowest BCUT2D eigenvalue weighted by Crippen LogP contribution is -2.38. The van der Waals surface area contributed by atoms with E-state index in [1.165, 1.54) is 0 Å². The topological polar surface area (TPSA) is 46.5 Å². The van der Waals surface area contributed by atoms with Crippen molar-refractivity contribution < 1.29 is 35.7 Å². The molecule has 0 aromatic heterocycles. The monoisotopic (exact) mass is 214 g/mol. The Balaban J connectivity index is 4.56. The summed E-state index contributed by atoms with van der Waals surface area (Å²) in [5, 5.41) is 0. The Bertz CT molecular complexity index is 204. The van der Waals surface area contributed by atoms with Crippen LogP contribution in [-0.2, 0) is 9.09 Å². The quantitative estimate of drug-likeness (QED) is 0.579. The van der Waals surface area contributed by atoms with Crippen LogP contribution in [0.4, 0.5) is 21.8 Å². The third kappa shape index (κ3) is 3.46. The summed E-state index contributed by atoms with van der Waals surface area (Å²) in [6, 6.07) is 0. The van der Waals surface area contributed by atoms with Crippen molar-refractivity contribution in [3.63, 3.8) is 0 Å². The van der Waals surface area contributed by atoms with Gasteiger partial charge in [-0.2, -0.15) is 17.6 Å². The summed E-state index contributed by atoms with van der Waals surface area (Å²) in [5.41, 5.74) is 0. The number of rotatable bonds is 3. The summed E-state index contributed by atoms with van der Waals surface area (Å²) in [6.07, 6.45) is -5.30. The lowest BCUT2D eigenvalue weighted by Gasteiger charge is -2.21. The van der Waals surface area contributed by atoms with Crippen LogP contribution in [0.5, 0.6) is 0 Å². The third-order valence-corrected chi connectivity index (χ3v) is 1.19. The molecule has 0 aliphatic heterocycles. The largest absolute Gasteiger partial charge is 0.515 e. The maximum absolute atomic E-state index is 11.9. The molecule has 74 valence electrons. The molecule has 0 saturated carbocycles. The highest BCUT2D eigenvalue weighted by Gasteiger charge is 2.58. The number of alkyl halides is 4. The first kappa shape index (κ1) is 11.8. The first-order chi connectivity index (χ1) is 4.96. The van der Waals surface area contributed by atoms with E-state index in [0.29, 0.717) is 0 Å². The number of hydrogen-bond donors (Lipinski definition) is 1. The molecule has 0 aliphatic rings. The van der Waals surface area contributed by atoms with Gasteiger partial charge in [-0.25, -0.2) is 9.09 Å². The lowest BCUT2D eigenvalue weighted by molar-refractivity contribution is -0.305. The molecule has 1 N–H and O–H groups in total. The maximum Gasteiger partial charge on any atom is 0.515 e. The van der Waals surface area contributed by atoms with Crippen molar-refractivity contribution in [2.45, 2.75) is 19.0 Å². The first-order valence-corrected chi connectivity index (χ1v) is 3.91. The number of halogens is 5. The summed E-state index contributed by atoms with van der Waals surface area (Å²) in [4.78, 5) is 7.57. The highest BCUT2D eigenvalue weighted by atomic mass is 31.2. The van der Waals surface area contributed by atoms with E-state index >= 15 is 0 Å². The van der Waals surface area contributed by atoms with Crippen LogP contribution in [0.1, 0.15) is 6.92 Å². The zero-order chi connectivity index (χ0) is 10.2. The average Bonchev–Trinajstić information content (AvgIpc) is 1.52. The van der Waals surface area contributed by atoms with Gasteiger partial charge in [0.25, 0.3) is 0 Å². The zero-order valence-corrected chi connectivity index (χ0v) is 6.50. The molecule has 0 bridgehead atoms. The van der Waals surface area contributed by atoms with Crippen molar-refractivity contribution in [2.75, 3.05) is 0 Å².